The summed E-state index contributed by atoms with van der Waals surface area (Å²) in [7, 11) is 3.55. The zero-order valence-corrected chi connectivity index (χ0v) is 10.6. The van der Waals surface area contributed by atoms with Crippen LogP contribution >= 0.6 is 0 Å². The average Bonchev–Trinajstić information content (AvgIpc) is 2.28. The summed E-state index contributed by atoms with van der Waals surface area (Å²) in [6, 6.07) is 0.169. The number of carbonyl (C=O) groups is 1. The highest BCUT2D eigenvalue weighted by atomic mass is 16.3. The van der Waals surface area contributed by atoms with Gasteiger partial charge in [-0.25, -0.2) is 0 Å². The highest BCUT2D eigenvalue weighted by Gasteiger charge is 2.29. The minimum Gasteiger partial charge on any atom is -0.392 e. The summed E-state index contributed by atoms with van der Waals surface area (Å²) in [6.07, 6.45) is 3.77. The van der Waals surface area contributed by atoms with Gasteiger partial charge in [0.2, 0.25) is 5.91 Å². The number of likely N-dealkylation sites (tertiary alicyclic amines) is 1. The lowest BCUT2D eigenvalue weighted by atomic mass is 9.96. The Morgan fingerprint density at radius 3 is 2.75 bits per heavy atom. The molecule has 0 aliphatic carbocycles. The number of carbonyl (C=O) groups excluding carboxylic acids is 1. The van der Waals surface area contributed by atoms with Gasteiger partial charge >= 0.3 is 0 Å². The van der Waals surface area contributed by atoms with Crippen LogP contribution in [-0.4, -0.2) is 60.1 Å². The first-order valence-electron chi connectivity index (χ1n) is 6.18. The highest BCUT2D eigenvalue weighted by Crippen LogP contribution is 2.21. The standard InChI is InChI=1S/C12H24N2O2/c1-4-11(15)10-7-5-6-8-14(10)9-12(16)13(2)3/h10-11,15H,4-9H2,1-3H3/t10-,11+/m0/s1. The van der Waals surface area contributed by atoms with Crippen molar-refractivity contribution < 1.29 is 9.90 Å². The Bertz CT molecular complexity index is 231. The summed E-state index contributed by atoms with van der Waals surface area (Å²) in [5.74, 6) is 0.121. The van der Waals surface area contributed by atoms with E-state index < -0.39 is 0 Å². The molecule has 0 saturated carbocycles. The number of aliphatic hydroxyl groups is 1. The fourth-order valence-electron chi connectivity index (χ4n) is 2.24. The normalized spacial score (nSPS) is 24.1. The maximum atomic E-state index is 11.7. The van der Waals surface area contributed by atoms with Gasteiger partial charge in [0.05, 0.1) is 12.6 Å². The van der Waals surface area contributed by atoms with E-state index in [0.717, 1.165) is 32.2 Å². The van der Waals surface area contributed by atoms with Gasteiger partial charge in [0.1, 0.15) is 0 Å². The predicted octanol–water partition coefficient (Wildman–Crippen LogP) is 0.700. The molecule has 0 unspecified atom stereocenters. The molecule has 94 valence electrons. The van der Waals surface area contributed by atoms with Gasteiger partial charge in [0.25, 0.3) is 0 Å². The van der Waals surface area contributed by atoms with E-state index in [2.05, 4.69) is 4.90 Å². The van der Waals surface area contributed by atoms with Crippen molar-refractivity contribution in [1.82, 2.24) is 9.80 Å². The number of amides is 1. The topological polar surface area (TPSA) is 43.8 Å². The van der Waals surface area contributed by atoms with Crippen molar-refractivity contribution in [2.24, 2.45) is 0 Å². The Morgan fingerprint density at radius 2 is 2.19 bits per heavy atom. The van der Waals surface area contributed by atoms with Crippen molar-refractivity contribution in [2.45, 2.75) is 44.8 Å². The molecular formula is C12H24N2O2. The van der Waals surface area contributed by atoms with Crippen molar-refractivity contribution in [3.8, 4) is 0 Å². The Labute approximate surface area is 98.2 Å². The summed E-state index contributed by atoms with van der Waals surface area (Å²) >= 11 is 0. The molecule has 1 aliphatic rings. The van der Waals surface area contributed by atoms with E-state index in [1.54, 1.807) is 19.0 Å². The number of rotatable bonds is 4. The van der Waals surface area contributed by atoms with E-state index in [1.165, 1.54) is 0 Å². The molecule has 0 bridgehead atoms. The lowest BCUT2D eigenvalue weighted by Crippen LogP contribution is -2.50. The molecule has 0 aromatic heterocycles. The van der Waals surface area contributed by atoms with E-state index >= 15 is 0 Å². The second-order valence-electron chi connectivity index (χ2n) is 4.80. The molecule has 0 spiro atoms. The molecule has 1 rings (SSSR count). The smallest absolute Gasteiger partial charge is 0.236 e. The molecule has 0 aromatic carbocycles. The number of likely N-dealkylation sites (N-methyl/N-ethyl adjacent to an activating group) is 1. The van der Waals surface area contributed by atoms with Crippen LogP contribution in [-0.2, 0) is 4.79 Å². The van der Waals surface area contributed by atoms with Crippen molar-refractivity contribution in [3.05, 3.63) is 0 Å². The van der Waals surface area contributed by atoms with Crippen molar-refractivity contribution in [3.63, 3.8) is 0 Å². The molecule has 1 amide bonds. The Hall–Kier alpha value is -0.610. The van der Waals surface area contributed by atoms with Crippen LogP contribution in [0.15, 0.2) is 0 Å². The lowest BCUT2D eigenvalue weighted by molar-refractivity contribution is -0.131. The predicted molar refractivity (Wildman–Crippen MR) is 64.2 cm³/mol. The number of aliphatic hydroxyl groups excluding tert-OH is 1. The molecule has 1 fully saturated rings. The average molecular weight is 228 g/mol. The molecular weight excluding hydrogens is 204 g/mol. The zero-order chi connectivity index (χ0) is 12.1. The summed E-state index contributed by atoms with van der Waals surface area (Å²) in [5.41, 5.74) is 0. The van der Waals surface area contributed by atoms with Crippen LogP contribution in [0.25, 0.3) is 0 Å². The minimum absolute atomic E-state index is 0.121. The van der Waals surface area contributed by atoms with Crippen molar-refractivity contribution in [1.29, 1.82) is 0 Å². The summed E-state index contributed by atoms with van der Waals surface area (Å²) < 4.78 is 0. The number of hydrogen-bond donors (Lipinski definition) is 1. The second-order valence-corrected chi connectivity index (χ2v) is 4.80. The third-order valence-electron chi connectivity index (χ3n) is 3.36. The molecule has 0 radical (unpaired) electrons. The van der Waals surface area contributed by atoms with Crippen LogP contribution in [0.2, 0.25) is 0 Å². The minimum atomic E-state index is -0.296. The maximum absolute atomic E-state index is 11.7. The van der Waals surface area contributed by atoms with E-state index in [9.17, 15) is 9.90 Å². The van der Waals surface area contributed by atoms with Crippen LogP contribution in [0.5, 0.6) is 0 Å². The molecule has 4 heteroatoms. The van der Waals surface area contributed by atoms with Crippen LogP contribution in [0.1, 0.15) is 32.6 Å². The molecule has 1 heterocycles. The first kappa shape index (κ1) is 13.5. The highest BCUT2D eigenvalue weighted by molar-refractivity contribution is 5.77. The third-order valence-corrected chi connectivity index (χ3v) is 3.36. The van der Waals surface area contributed by atoms with E-state index in [0.29, 0.717) is 6.54 Å². The van der Waals surface area contributed by atoms with Crippen LogP contribution in [0.4, 0.5) is 0 Å². The van der Waals surface area contributed by atoms with Crippen molar-refractivity contribution >= 4 is 5.91 Å². The van der Waals surface area contributed by atoms with Gasteiger partial charge in [-0.15, -0.1) is 0 Å². The summed E-state index contributed by atoms with van der Waals surface area (Å²) in [4.78, 5) is 15.4. The summed E-state index contributed by atoms with van der Waals surface area (Å²) in [6.45, 7) is 3.36. The first-order chi connectivity index (χ1) is 7.56. The van der Waals surface area contributed by atoms with Gasteiger partial charge in [-0.1, -0.05) is 13.3 Å². The number of hydrogen-bond acceptors (Lipinski definition) is 3. The summed E-state index contributed by atoms with van der Waals surface area (Å²) in [5, 5.41) is 9.94. The quantitative estimate of drug-likeness (QED) is 0.770. The van der Waals surface area contributed by atoms with Gasteiger partial charge in [0.15, 0.2) is 0 Å². The maximum Gasteiger partial charge on any atom is 0.236 e. The van der Waals surface area contributed by atoms with E-state index in [1.807, 2.05) is 6.92 Å². The van der Waals surface area contributed by atoms with Crippen molar-refractivity contribution in [2.75, 3.05) is 27.2 Å². The fourth-order valence-corrected chi connectivity index (χ4v) is 2.24. The Kier molecular flexibility index (Phi) is 5.22. The van der Waals surface area contributed by atoms with Gasteiger partial charge in [0, 0.05) is 20.1 Å². The molecule has 1 saturated heterocycles. The van der Waals surface area contributed by atoms with Crippen LogP contribution in [0.3, 0.4) is 0 Å². The molecule has 1 aliphatic heterocycles. The molecule has 0 aromatic rings. The lowest BCUT2D eigenvalue weighted by Gasteiger charge is -2.38. The molecule has 16 heavy (non-hydrogen) atoms. The third kappa shape index (κ3) is 3.46. The van der Waals surface area contributed by atoms with Crippen LogP contribution in [0, 0.1) is 0 Å². The van der Waals surface area contributed by atoms with E-state index in [-0.39, 0.29) is 18.1 Å². The van der Waals surface area contributed by atoms with E-state index in [4.69, 9.17) is 0 Å². The first-order valence-corrected chi connectivity index (χ1v) is 6.18. The number of piperidine rings is 1. The van der Waals surface area contributed by atoms with Gasteiger partial charge in [-0.05, 0) is 25.8 Å². The van der Waals surface area contributed by atoms with Gasteiger partial charge in [-0.2, -0.15) is 0 Å². The molecule has 1 N–H and O–H groups in total. The second kappa shape index (κ2) is 6.21. The molecule has 2 atom stereocenters. The fraction of sp³-hybridized carbons (Fsp3) is 0.917. The SMILES string of the molecule is CC[C@@H](O)[C@@H]1CCCCN1CC(=O)N(C)C. The molecule has 4 nitrogen and oxygen atoms in total. The monoisotopic (exact) mass is 228 g/mol. The largest absolute Gasteiger partial charge is 0.392 e. The Balaban J connectivity index is 2.56. The van der Waals surface area contributed by atoms with Crippen LogP contribution < -0.4 is 0 Å². The zero-order valence-electron chi connectivity index (χ0n) is 10.6. The Morgan fingerprint density at radius 1 is 1.50 bits per heavy atom. The van der Waals surface area contributed by atoms with Gasteiger partial charge < -0.3 is 10.0 Å². The van der Waals surface area contributed by atoms with Gasteiger partial charge in [-0.3, -0.25) is 9.69 Å². The number of nitrogens with zero attached hydrogens (tertiary/aromatic N) is 2.